The van der Waals surface area contributed by atoms with Crippen molar-refractivity contribution in [3.63, 3.8) is 0 Å². The molecular formula is C13H18N2OS. The molecule has 1 atom stereocenters. The molecular weight excluding hydrogens is 232 g/mol. The van der Waals surface area contributed by atoms with Gasteiger partial charge in [-0.2, -0.15) is 0 Å². The van der Waals surface area contributed by atoms with E-state index >= 15 is 0 Å². The Morgan fingerprint density at radius 2 is 2.18 bits per heavy atom. The van der Waals surface area contributed by atoms with Gasteiger partial charge < -0.3 is 11.1 Å². The van der Waals surface area contributed by atoms with Crippen LogP contribution in [0.1, 0.15) is 6.42 Å². The van der Waals surface area contributed by atoms with Crippen LogP contribution in [0.15, 0.2) is 47.9 Å². The van der Waals surface area contributed by atoms with Gasteiger partial charge in [-0.3, -0.25) is 4.79 Å². The molecule has 0 spiro atoms. The number of thioether (sulfide) groups is 1. The van der Waals surface area contributed by atoms with Crippen molar-refractivity contribution < 1.29 is 4.79 Å². The van der Waals surface area contributed by atoms with Crippen LogP contribution < -0.4 is 11.1 Å². The van der Waals surface area contributed by atoms with Crippen LogP contribution >= 0.6 is 11.8 Å². The third-order valence-corrected chi connectivity index (χ3v) is 3.18. The zero-order valence-electron chi connectivity index (χ0n) is 9.76. The summed E-state index contributed by atoms with van der Waals surface area (Å²) in [7, 11) is 0. The van der Waals surface area contributed by atoms with Gasteiger partial charge in [-0.1, -0.05) is 24.3 Å². The highest BCUT2D eigenvalue weighted by Gasteiger charge is 2.09. The minimum atomic E-state index is -0.478. The Kier molecular flexibility index (Phi) is 6.43. The Morgan fingerprint density at radius 1 is 1.47 bits per heavy atom. The summed E-state index contributed by atoms with van der Waals surface area (Å²) in [6.07, 6.45) is 2.17. The third-order valence-electron chi connectivity index (χ3n) is 2.17. The van der Waals surface area contributed by atoms with Crippen molar-refractivity contribution in [2.45, 2.75) is 17.4 Å². The van der Waals surface area contributed by atoms with E-state index < -0.39 is 6.04 Å². The molecule has 0 saturated carbocycles. The lowest BCUT2D eigenvalue weighted by molar-refractivity contribution is -0.122. The first-order chi connectivity index (χ1) is 8.24. The highest BCUT2D eigenvalue weighted by Crippen LogP contribution is 2.15. The van der Waals surface area contributed by atoms with Crippen LogP contribution in [0.4, 0.5) is 0 Å². The molecule has 1 amide bonds. The van der Waals surface area contributed by atoms with Gasteiger partial charge in [0.1, 0.15) is 0 Å². The van der Waals surface area contributed by atoms with E-state index in [2.05, 4.69) is 24.0 Å². The summed E-state index contributed by atoms with van der Waals surface area (Å²) in [6, 6.07) is 9.61. The summed E-state index contributed by atoms with van der Waals surface area (Å²) in [5.74, 6) is 0.731. The van der Waals surface area contributed by atoms with Gasteiger partial charge in [0.2, 0.25) is 5.91 Å². The molecule has 0 fully saturated rings. The average molecular weight is 250 g/mol. The lowest BCUT2D eigenvalue weighted by atomic mass is 10.2. The standard InChI is InChI=1S/C13H18N2OS/c1-2-6-12(14)13(16)15-9-10-17-11-7-4-3-5-8-11/h2-5,7-8,12H,1,6,9-10,14H2,(H,15,16). The Hall–Kier alpha value is -1.26. The fraction of sp³-hybridized carbons (Fsp3) is 0.308. The summed E-state index contributed by atoms with van der Waals surface area (Å²) in [5.41, 5.74) is 5.63. The van der Waals surface area contributed by atoms with E-state index in [0.717, 1.165) is 5.75 Å². The van der Waals surface area contributed by atoms with Crippen molar-refractivity contribution in [3.05, 3.63) is 43.0 Å². The summed E-state index contributed by atoms with van der Waals surface area (Å²) in [5, 5.41) is 2.80. The monoisotopic (exact) mass is 250 g/mol. The summed E-state index contributed by atoms with van der Waals surface area (Å²) in [6.45, 7) is 4.18. The van der Waals surface area contributed by atoms with E-state index in [9.17, 15) is 4.79 Å². The van der Waals surface area contributed by atoms with Crippen LogP contribution in [0.5, 0.6) is 0 Å². The van der Waals surface area contributed by atoms with Gasteiger partial charge in [0.25, 0.3) is 0 Å². The molecule has 3 N–H and O–H groups in total. The van der Waals surface area contributed by atoms with Gasteiger partial charge in [0.05, 0.1) is 6.04 Å². The van der Waals surface area contributed by atoms with Crippen LogP contribution in [0, 0.1) is 0 Å². The second-order valence-corrected chi connectivity index (χ2v) is 4.75. The maximum absolute atomic E-state index is 11.5. The van der Waals surface area contributed by atoms with Gasteiger partial charge in [-0.25, -0.2) is 0 Å². The lowest BCUT2D eigenvalue weighted by Crippen LogP contribution is -2.41. The zero-order chi connectivity index (χ0) is 12.5. The van der Waals surface area contributed by atoms with E-state index in [1.54, 1.807) is 17.8 Å². The predicted molar refractivity (Wildman–Crippen MR) is 73.0 cm³/mol. The minimum Gasteiger partial charge on any atom is -0.354 e. The number of amides is 1. The molecule has 92 valence electrons. The molecule has 1 rings (SSSR count). The van der Waals surface area contributed by atoms with E-state index in [0.29, 0.717) is 13.0 Å². The number of nitrogens with one attached hydrogen (secondary N) is 1. The summed E-state index contributed by atoms with van der Waals surface area (Å²) >= 11 is 1.71. The Labute approximate surface area is 106 Å². The van der Waals surface area contributed by atoms with Crippen molar-refractivity contribution in [1.29, 1.82) is 0 Å². The Morgan fingerprint density at radius 3 is 2.82 bits per heavy atom. The second-order valence-electron chi connectivity index (χ2n) is 3.58. The Balaban J connectivity index is 2.16. The number of nitrogens with two attached hydrogens (primary N) is 1. The van der Waals surface area contributed by atoms with Crippen LogP contribution in [-0.2, 0) is 4.79 Å². The van der Waals surface area contributed by atoms with E-state index in [1.807, 2.05) is 18.2 Å². The first kappa shape index (κ1) is 13.8. The van der Waals surface area contributed by atoms with Crippen molar-refractivity contribution in [3.8, 4) is 0 Å². The maximum atomic E-state index is 11.5. The molecule has 0 aliphatic carbocycles. The average Bonchev–Trinajstić information content (AvgIpc) is 2.36. The topological polar surface area (TPSA) is 55.1 Å². The van der Waals surface area contributed by atoms with Crippen molar-refractivity contribution in [2.75, 3.05) is 12.3 Å². The number of rotatable bonds is 7. The molecule has 0 saturated heterocycles. The quantitative estimate of drug-likeness (QED) is 0.441. The van der Waals surface area contributed by atoms with E-state index in [1.165, 1.54) is 4.90 Å². The van der Waals surface area contributed by atoms with E-state index in [-0.39, 0.29) is 5.91 Å². The van der Waals surface area contributed by atoms with Gasteiger partial charge in [-0.05, 0) is 18.6 Å². The molecule has 0 aliphatic rings. The van der Waals surface area contributed by atoms with Crippen LogP contribution in [0.2, 0.25) is 0 Å². The van der Waals surface area contributed by atoms with Crippen molar-refractivity contribution in [1.82, 2.24) is 5.32 Å². The summed E-state index contributed by atoms with van der Waals surface area (Å²) < 4.78 is 0. The van der Waals surface area contributed by atoms with Gasteiger partial charge in [0.15, 0.2) is 0 Å². The minimum absolute atomic E-state index is 0.112. The highest BCUT2D eigenvalue weighted by molar-refractivity contribution is 7.99. The Bertz CT molecular complexity index is 354. The third kappa shape index (κ3) is 5.56. The van der Waals surface area contributed by atoms with Crippen molar-refractivity contribution >= 4 is 17.7 Å². The van der Waals surface area contributed by atoms with Crippen LogP contribution in [0.25, 0.3) is 0 Å². The SMILES string of the molecule is C=CCC(N)C(=O)NCCSc1ccccc1. The summed E-state index contributed by atoms with van der Waals surface area (Å²) in [4.78, 5) is 12.7. The van der Waals surface area contributed by atoms with Gasteiger partial charge >= 0.3 is 0 Å². The maximum Gasteiger partial charge on any atom is 0.237 e. The second kappa shape index (κ2) is 7.92. The molecule has 1 unspecified atom stereocenters. The molecule has 1 aromatic carbocycles. The predicted octanol–water partition coefficient (Wildman–Crippen LogP) is 1.80. The molecule has 0 heterocycles. The fourth-order valence-corrected chi connectivity index (χ4v) is 2.07. The number of carbonyl (C=O) groups is 1. The van der Waals surface area contributed by atoms with Crippen LogP contribution in [-0.4, -0.2) is 24.2 Å². The number of hydrogen-bond acceptors (Lipinski definition) is 3. The largest absolute Gasteiger partial charge is 0.354 e. The first-order valence-corrected chi connectivity index (χ1v) is 6.54. The van der Waals surface area contributed by atoms with Gasteiger partial charge in [0, 0.05) is 17.2 Å². The lowest BCUT2D eigenvalue weighted by Gasteiger charge is -2.09. The molecule has 0 radical (unpaired) electrons. The smallest absolute Gasteiger partial charge is 0.237 e. The van der Waals surface area contributed by atoms with E-state index in [4.69, 9.17) is 5.73 Å². The van der Waals surface area contributed by atoms with Crippen molar-refractivity contribution in [2.24, 2.45) is 5.73 Å². The van der Waals surface area contributed by atoms with Crippen LogP contribution in [0.3, 0.4) is 0 Å². The zero-order valence-corrected chi connectivity index (χ0v) is 10.6. The highest BCUT2D eigenvalue weighted by atomic mass is 32.2. The molecule has 0 bridgehead atoms. The number of benzene rings is 1. The molecule has 4 heteroatoms. The molecule has 3 nitrogen and oxygen atoms in total. The molecule has 0 aliphatic heterocycles. The molecule has 17 heavy (non-hydrogen) atoms. The normalized spacial score (nSPS) is 11.8. The molecule has 1 aromatic rings. The number of carbonyl (C=O) groups excluding carboxylic acids is 1. The first-order valence-electron chi connectivity index (χ1n) is 5.56. The molecule has 0 aromatic heterocycles. The van der Waals surface area contributed by atoms with Gasteiger partial charge in [-0.15, -0.1) is 18.3 Å². The number of hydrogen-bond donors (Lipinski definition) is 2. The fourth-order valence-electron chi connectivity index (χ4n) is 1.28.